The van der Waals surface area contributed by atoms with E-state index in [2.05, 4.69) is 10.3 Å². The number of carbonyl (C=O) groups is 2. The first-order valence-corrected chi connectivity index (χ1v) is 15.2. The molecule has 5 rings (SSSR count). The fraction of sp³-hybridized carbons (Fsp3) is 0.290. The molecule has 226 valence electrons. The number of nitrogens with one attached hydrogen (secondary N) is 3. The van der Waals surface area contributed by atoms with Gasteiger partial charge in [0.2, 0.25) is 6.43 Å². The molecule has 4 aromatic rings. The molecule has 1 saturated carbocycles. The third kappa shape index (κ3) is 6.48. The summed E-state index contributed by atoms with van der Waals surface area (Å²) in [6, 6.07) is 14.9. The molecule has 3 N–H and O–H groups in total. The maximum Gasteiger partial charge on any atom is 0.411 e. The first-order chi connectivity index (χ1) is 20.6. The fourth-order valence-corrected chi connectivity index (χ4v) is 6.65. The molecule has 2 amide bonds. The van der Waals surface area contributed by atoms with Gasteiger partial charge in [0.1, 0.15) is 11.9 Å². The number of rotatable bonds is 9. The lowest BCUT2D eigenvalue weighted by Crippen LogP contribution is -2.31. The zero-order valence-corrected chi connectivity index (χ0v) is 24.3. The van der Waals surface area contributed by atoms with Crippen LogP contribution in [0, 0.1) is 6.92 Å². The summed E-state index contributed by atoms with van der Waals surface area (Å²) in [5.41, 5.74) is 1.67. The topological polar surface area (TPSA) is 127 Å². The van der Waals surface area contributed by atoms with E-state index in [1.165, 1.54) is 37.6 Å². The molecule has 3 aromatic carbocycles. The molecule has 43 heavy (non-hydrogen) atoms. The fourth-order valence-electron chi connectivity index (χ4n) is 5.42. The average Bonchev–Trinajstić information content (AvgIpc) is 3.63. The van der Waals surface area contributed by atoms with Crippen LogP contribution in [0.25, 0.3) is 10.9 Å². The highest BCUT2D eigenvalue weighted by atomic mass is 32.2. The molecule has 1 unspecified atom stereocenters. The Hall–Kier alpha value is -4.45. The third-order valence-electron chi connectivity index (χ3n) is 7.56. The second-order valence-electron chi connectivity index (χ2n) is 10.4. The Morgan fingerprint density at radius 3 is 2.44 bits per heavy atom. The van der Waals surface area contributed by atoms with Gasteiger partial charge in [0.25, 0.3) is 15.9 Å². The SMILES string of the molecule is COc1cc(C(=O)NS(=O)(=O)c2ccccc2C)ccc1C(c1c[nH]c2ccc(NC(=O)OC3CCCC3)cc12)C(F)F. The number of anilines is 1. The van der Waals surface area contributed by atoms with Crippen molar-refractivity contribution in [3.63, 3.8) is 0 Å². The van der Waals surface area contributed by atoms with E-state index >= 15 is 0 Å². The predicted octanol–water partition coefficient (Wildman–Crippen LogP) is 6.49. The van der Waals surface area contributed by atoms with Gasteiger partial charge < -0.3 is 14.5 Å². The van der Waals surface area contributed by atoms with Crippen LogP contribution < -0.4 is 14.8 Å². The normalized spacial score (nSPS) is 14.5. The molecule has 1 aromatic heterocycles. The van der Waals surface area contributed by atoms with Crippen LogP contribution >= 0.6 is 0 Å². The summed E-state index contributed by atoms with van der Waals surface area (Å²) in [5.74, 6) is -2.43. The Morgan fingerprint density at radius 2 is 1.74 bits per heavy atom. The van der Waals surface area contributed by atoms with Gasteiger partial charge >= 0.3 is 6.09 Å². The quantitative estimate of drug-likeness (QED) is 0.199. The van der Waals surface area contributed by atoms with Crippen molar-refractivity contribution in [2.24, 2.45) is 0 Å². The Balaban J connectivity index is 1.42. The molecule has 0 spiro atoms. The van der Waals surface area contributed by atoms with Crippen LogP contribution in [0.2, 0.25) is 0 Å². The van der Waals surface area contributed by atoms with Crippen LogP contribution in [-0.4, -0.2) is 45.0 Å². The Morgan fingerprint density at radius 1 is 1.00 bits per heavy atom. The van der Waals surface area contributed by atoms with Gasteiger partial charge in [-0.25, -0.2) is 26.7 Å². The van der Waals surface area contributed by atoms with Gasteiger partial charge in [-0.2, -0.15) is 0 Å². The van der Waals surface area contributed by atoms with Crippen molar-refractivity contribution in [2.45, 2.75) is 55.9 Å². The molecule has 1 aliphatic carbocycles. The zero-order chi connectivity index (χ0) is 30.7. The van der Waals surface area contributed by atoms with Crippen LogP contribution in [-0.2, 0) is 14.8 Å². The van der Waals surface area contributed by atoms with E-state index < -0.39 is 34.4 Å². The van der Waals surface area contributed by atoms with E-state index in [1.807, 2.05) is 4.72 Å². The molecule has 0 radical (unpaired) electrons. The standard InChI is InChI=1S/C31H31F2N3O6S/c1-18-7-3-6-10-27(18)43(39,40)36-30(37)19-11-13-22(26(15-19)41-2)28(29(32)33)24-17-34-25-14-12-20(16-23(24)25)35-31(38)42-21-8-4-5-9-21/h3,6-7,10-17,21,28-29,34H,4-5,8-9H2,1-2H3,(H,35,38)(H,36,37). The highest BCUT2D eigenvalue weighted by Crippen LogP contribution is 2.40. The number of H-pyrrole nitrogens is 1. The molecular formula is C31H31F2N3O6S. The van der Waals surface area contributed by atoms with E-state index in [4.69, 9.17) is 9.47 Å². The number of sulfonamides is 1. The first kappa shape index (κ1) is 30.0. The minimum Gasteiger partial charge on any atom is -0.496 e. The summed E-state index contributed by atoms with van der Waals surface area (Å²) in [6.45, 7) is 1.60. The number of aromatic nitrogens is 1. The number of amides is 2. The number of methoxy groups -OCH3 is 1. The number of benzene rings is 3. The smallest absolute Gasteiger partial charge is 0.411 e. The van der Waals surface area contributed by atoms with Crippen LogP contribution in [0.1, 0.15) is 58.6 Å². The molecule has 1 atom stereocenters. The molecule has 0 aliphatic heterocycles. The lowest BCUT2D eigenvalue weighted by molar-refractivity contribution is 0.0980. The molecule has 1 fully saturated rings. The third-order valence-corrected chi connectivity index (χ3v) is 9.06. The highest BCUT2D eigenvalue weighted by molar-refractivity contribution is 7.90. The van der Waals surface area contributed by atoms with E-state index in [0.29, 0.717) is 22.2 Å². The van der Waals surface area contributed by atoms with Gasteiger partial charge in [0.15, 0.2) is 0 Å². The van der Waals surface area contributed by atoms with E-state index in [-0.39, 0.29) is 33.4 Å². The maximum atomic E-state index is 14.7. The predicted molar refractivity (Wildman–Crippen MR) is 157 cm³/mol. The molecule has 1 heterocycles. The number of alkyl halides is 2. The van der Waals surface area contributed by atoms with Crippen molar-refractivity contribution in [3.8, 4) is 5.75 Å². The number of fused-ring (bicyclic) bond motifs is 1. The number of halogens is 2. The van der Waals surface area contributed by atoms with Gasteiger partial charge in [-0.3, -0.25) is 10.1 Å². The molecule has 12 heteroatoms. The number of carbonyl (C=O) groups excluding carboxylic acids is 2. The number of aromatic amines is 1. The van der Waals surface area contributed by atoms with Gasteiger partial charge in [0, 0.05) is 33.9 Å². The average molecular weight is 612 g/mol. The maximum absolute atomic E-state index is 14.7. The van der Waals surface area contributed by atoms with E-state index in [0.717, 1.165) is 25.7 Å². The summed E-state index contributed by atoms with van der Waals surface area (Å²) < 4.78 is 68.0. The first-order valence-electron chi connectivity index (χ1n) is 13.7. The number of hydrogen-bond acceptors (Lipinski definition) is 6. The minimum atomic E-state index is -4.18. The van der Waals surface area contributed by atoms with Crippen LogP contribution in [0.3, 0.4) is 0 Å². The second kappa shape index (κ2) is 12.4. The largest absolute Gasteiger partial charge is 0.496 e. The number of aryl methyl sites for hydroxylation is 1. The van der Waals surface area contributed by atoms with Gasteiger partial charge in [0.05, 0.1) is 17.9 Å². The number of ether oxygens (including phenoxy) is 2. The Bertz CT molecular complexity index is 1770. The molecule has 1 aliphatic rings. The van der Waals surface area contributed by atoms with Crippen molar-refractivity contribution in [2.75, 3.05) is 12.4 Å². The van der Waals surface area contributed by atoms with Crippen molar-refractivity contribution >= 4 is 38.6 Å². The summed E-state index contributed by atoms with van der Waals surface area (Å²) in [7, 11) is -2.90. The molecule has 0 saturated heterocycles. The Labute approximate surface area is 247 Å². The van der Waals surface area contributed by atoms with E-state index in [9.17, 15) is 26.8 Å². The number of hydrogen-bond donors (Lipinski definition) is 3. The van der Waals surface area contributed by atoms with Crippen molar-refractivity contribution in [1.82, 2.24) is 9.71 Å². The summed E-state index contributed by atoms with van der Waals surface area (Å²) in [6.07, 6.45) is 1.50. The van der Waals surface area contributed by atoms with Crippen molar-refractivity contribution in [1.29, 1.82) is 0 Å². The molecular weight excluding hydrogens is 580 g/mol. The van der Waals surface area contributed by atoms with Crippen LogP contribution in [0.4, 0.5) is 19.3 Å². The lowest BCUT2D eigenvalue weighted by Gasteiger charge is -2.20. The monoisotopic (exact) mass is 611 g/mol. The van der Waals surface area contributed by atoms with Crippen LogP contribution in [0.5, 0.6) is 5.75 Å². The van der Waals surface area contributed by atoms with E-state index in [1.54, 1.807) is 43.3 Å². The van der Waals surface area contributed by atoms with Gasteiger partial charge in [-0.1, -0.05) is 24.3 Å². The molecule has 0 bridgehead atoms. The summed E-state index contributed by atoms with van der Waals surface area (Å²) in [4.78, 5) is 28.3. The lowest BCUT2D eigenvalue weighted by atomic mass is 9.89. The van der Waals surface area contributed by atoms with Crippen molar-refractivity contribution < 1.29 is 36.3 Å². The van der Waals surface area contributed by atoms with Gasteiger partial charge in [-0.05, 0) is 80.1 Å². The van der Waals surface area contributed by atoms with Gasteiger partial charge in [-0.15, -0.1) is 0 Å². The summed E-state index contributed by atoms with van der Waals surface area (Å²) >= 11 is 0. The second-order valence-corrected chi connectivity index (χ2v) is 12.1. The summed E-state index contributed by atoms with van der Waals surface area (Å²) in [5, 5.41) is 3.14. The van der Waals surface area contributed by atoms with Crippen molar-refractivity contribution in [3.05, 3.63) is 89.1 Å². The Kier molecular flexibility index (Phi) is 8.67. The highest BCUT2D eigenvalue weighted by Gasteiger charge is 2.31. The van der Waals surface area contributed by atoms with Crippen LogP contribution in [0.15, 0.2) is 71.8 Å². The molecule has 9 nitrogen and oxygen atoms in total. The zero-order valence-electron chi connectivity index (χ0n) is 23.5. The minimum absolute atomic E-state index is 0.0185.